The fourth-order valence-corrected chi connectivity index (χ4v) is 3.64. The summed E-state index contributed by atoms with van der Waals surface area (Å²) in [6, 6.07) is 6.80. The van der Waals surface area contributed by atoms with E-state index in [1.165, 1.54) is 6.92 Å². The number of rotatable bonds is 4. The first-order valence-electron chi connectivity index (χ1n) is 5.33. The van der Waals surface area contributed by atoms with Crippen molar-refractivity contribution >= 4 is 15.6 Å². The van der Waals surface area contributed by atoms with Crippen LogP contribution in [0.25, 0.3) is 0 Å². The first-order chi connectivity index (χ1) is 7.51. The normalized spacial score (nSPS) is 16.1. The van der Waals surface area contributed by atoms with Gasteiger partial charge in [-0.05, 0) is 31.4 Å². The van der Waals surface area contributed by atoms with Crippen LogP contribution < -0.4 is 0 Å². The summed E-state index contributed by atoms with van der Waals surface area (Å²) < 4.78 is 24.2. The molecular weight excluding hydrogens is 224 g/mol. The third-order valence-corrected chi connectivity index (χ3v) is 5.04. The average Bonchev–Trinajstić information content (AvgIpc) is 3.00. The van der Waals surface area contributed by atoms with Crippen molar-refractivity contribution in [3.63, 3.8) is 0 Å². The van der Waals surface area contributed by atoms with Crippen molar-refractivity contribution in [2.24, 2.45) is 0 Å². The molecule has 0 unspecified atom stereocenters. The molecule has 1 aromatic rings. The van der Waals surface area contributed by atoms with Crippen LogP contribution in [0.4, 0.5) is 0 Å². The van der Waals surface area contributed by atoms with E-state index in [1.54, 1.807) is 24.3 Å². The molecule has 86 valence electrons. The molecule has 0 heterocycles. The van der Waals surface area contributed by atoms with Crippen molar-refractivity contribution in [1.82, 2.24) is 0 Å². The van der Waals surface area contributed by atoms with Gasteiger partial charge in [0.05, 0.1) is 10.1 Å². The van der Waals surface area contributed by atoms with Crippen molar-refractivity contribution in [3.05, 3.63) is 29.8 Å². The Morgan fingerprint density at radius 3 is 2.50 bits per heavy atom. The van der Waals surface area contributed by atoms with Crippen molar-refractivity contribution < 1.29 is 13.2 Å². The minimum atomic E-state index is -3.19. The quantitative estimate of drug-likeness (QED) is 0.803. The second kappa shape index (κ2) is 4.01. The summed E-state index contributed by atoms with van der Waals surface area (Å²) in [6.45, 7) is 1.47. The van der Waals surface area contributed by atoms with E-state index >= 15 is 0 Å². The summed E-state index contributed by atoms with van der Waals surface area (Å²) >= 11 is 0. The first kappa shape index (κ1) is 11.3. The second-order valence-electron chi connectivity index (χ2n) is 4.23. The summed E-state index contributed by atoms with van der Waals surface area (Å²) in [6.07, 6.45) is 1.69. The van der Waals surface area contributed by atoms with Crippen molar-refractivity contribution in [2.45, 2.75) is 36.3 Å². The molecule has 1 saturated carbocycles. The van der Waals surface area contributed by atoms with E-state index in [1.807, 2.05) is 0 Å². The molecule has 2 rings (SSSR count). The molecule has 1 aromatic carbocycles. The van der Waals surface area contributed by atoms with E-state index in [2.05, 4.69) is 0 Å². The van der Waals surface area contributed by atoms with Gasteiger partial charge in [0.2, 0.25) is 0 Å². The summed E-state index contributed by atoms with van der Waals surface area (Å²) in [7, 11) is -3.19. The molecule has 4 heteroatoms. The van der Waals surface area contributed by atoms with E-state index in [0.29, 0.717) is 10.5 Å². The molecule has 3 nitrogen and oxygen atoms in total. The minimum absolute atomic E-state index is 0.0153. The predicted molar refractivity (Wildman–Crippen MR) is 61.0 cm³/mol. The highest BCUT2D eigenvalue weighted by atomic mass is 32.2. The Balaban J connectivity index is 2.43. The van der Waals surface area contributed by atoms with Crippen LogP contribution in [0.5, 0.6) is 0 Å². The van der Waals surface area contributed by atoms with Crippen LogP contribution in [0.2, 0.25) is 0 Å². The third kappa shape index (κ3) is 2.16. The van der Waals surface area contributed by atoms with Gasteiger partial charge in [0, 0.05) is 6.42 Å². The fourth-order valence-electron chi connectivity index (χ4n) is 1.75. The zero-order chi connectivity index (χ0) is 11.8. The lowest BCUT2D eigenvalue weighted by molar-refractivity contribution is -0.116. The molecule has 16 heavy (non-hydrogen) atoms. The predicted octanol–water partition coefficient (Wildman–Crippen LogP) is 1.75. The molecule has 1 fully saturated rings. The summed E-state index contributed by atoms with van der Waals surface area (Å²) in [4.78, 5) is 11.4. The van der Waals surface area contributed by atoms with Gasteiger partial charge in [-0.25, -0.2) is 8.42 Å². The van der Waals surface area contributed by atoms with E-state index in [4.69, 9.17) is 0 Å². The molecule has 0 N–H and O–H groups in total. The molecule has 0 aliphatic heterocycles. The molecule has 0 amide bonds. The Kier molecular flexibility index (Phi) is 2.84. The molecule has 0 atom stereocenters. The largest absolute Gasteiger partial charge is 0.300 e. The van der Waals surface area contributed by atoms with Gasteiger partial charge in [-0.15, -0.1) is 0 Å². The highest BCUT2D eigenvalue weighted by Gasteiger charge is 2.37. The summed E-state index contributed by atoms with van der Waals surface area (Å²) in [5.74, 6) is -0.0153. The van der Waals surface area contributed by atoms with Gasteiger partial charge in [0.15, 0.2) is 9.84 Å². The third-order valence-electron chi connectivity index (χ3n) is 2.68. The second-order valence-corrected chi connectivity index (χ2v) is 6.43. The van der Waals surface area contributed by atoms with Crippen molar-refractivity contribution in [3.8, 4) is 0 Å². The van der Waals surface area contributed by atoms with Gasteiger partial charge >= 0.3 is 0 Å². The molecule has 0 bridgehead atoms. The van der Waals surface area contributed by atoms with E-state index in [9.17, 15) is 13.2 Å². The van der Waals surface area contributed by atoms with Crippen molar-refractivity contribution in [2.75, 3.05) is 0 Å². The van der Waals surface area contributed by atoms with Gasteiger partial charge in [-0.2, -0.15) is 0 Å². The zero-order valence-electron chi connectivity index (χ0n) is 9.14. The number of carbonyl (C=O) groups is 1. The monoisotopic (exact) mass is 238 g/mol. The lowest BCUT2D eigenvalue weighted by Crippen LogP contribution is -2.11. The van der Waals surface area contributed by atoms with Crippen LogP contribution in [0, 0.1) is 0 Å². The van der Waals surface area contributed by atoms with E-state index in [0.717, 1.165) is 12.8 Å². The standard InChI is InChI=1S/C12H14O3S/c1-9(13)8-10-4-2-3-5-12(10)16(14,15)11-6-7-11/h2-5,11H,6-8H2,1H3. The first-order valence-corrected chi connectivity index (χ1v) is 6.87. The Hall–Kier alpha value is -1.16. The number of carbonyl (C=O) groups excluding carboxylic acids is 1. The van der Waals surface area contributed by atoms with Crippen LogP contribution in [0.1, 0.15) is 25.3 Å². The molecule has 0 saturated heterocycles. The highest BCUT2D eigenvalue weighted by molar-refractivity contribution is 7.92. The molecule has 0 radical (unpaired) electrons. The smallest absolute Gasteiger partial charge is 0.181 e. The van der Waals surface area contributed by atoms with Gasteiger partial charge < -0.3 is 0 Å². The number of hydrogen-bond donors (Lipinski definition) is 0. The highest BCUT2D eigenvalue weighted by Crippen LogP contribution is 2.34. The number of ketones is 1. The lowest BCUT2D eigenvalue weighted by Gasteiger charge is -2.08. The molecule has 0 aromatic heterocycles. The van der Waals surface area contributed by atoms with Crippen LogP contribution in [0.3, 0.4) is 0 Å². The number of benzene rings is 1. The van der Waals surface area contributed by atoms with Crippen LogP contribution in [-0.2, 0) is 21.1 Å². The minimum Gasteiger partial charge on any atom is -0.300 e. The van der Waals surface area contributed by atoms with Gasteiger partial charge in [-0.3, -0.25) is 4.79 Å². The van der Waals surface area contributed by atoms with E-state index < -0.39 is 9.84 Å². The SMILES string of the molecule is CC(=O)Cc1ccccc1S(=O)(=O)C1CC1. The Labute approximate surface area is 95.4 Å². The zero-order valence-corrected chi connectivity index (χ0v) is 9.96. The topological polar surface area (TPSA) is 51.2 Å². The van der Waals surface area contributed by atoms with Crippen LogP contribution >= 0.6 is 0 Å². The van der Waals surface area contributed by atoms with Gasteiger partial charge in [-0.1, -0.05) is 18.2 Å². The fraction of sp³-hybridized carbons (Fsp3) is 0.417. The van der Waals surface area contributed by atoms with Gasteiger partial charge in [0.25, 0.3) is 0 Å². The summed E-state index contributed by atoms with van der Waals surface area (Å²) in [5.41, 5.74) is 0.627. The van der Waals surface area contributed by atoms with Gasteiger partial charge in [0.1, 0.15) is 5.78 Å². The van der Waals surface area contributed by atoms with Crippen LogP contribution in [-0.4, -0.2) is 19.5 Å². The number of Topliss-reactive ketones (excluding diaryl/α,β-unsaturated/α-hetero) is 1. The Morgan fingerprint density at radius 1 is 1.31 bits per heavy atom. The Morgan fingerprint density at radius 2 is 1.94 bits per heavy atom. The molecule has 1 aliphatic rings. The number of hydrogen-bond acceptors (Lipinski definition) is 3. The maximum absolute atomic E-state index is 12.1. The van der Waals surface area contributed by atoms with Crippen molar-refractivity contribution in [1.29, 1.82) is 0 Å². The summed E-state index contributed by atoms with van der Waals surface area (Å²) in [5, 5.41) is -0.222. The lowest BCUT2D eigenvalue weighted by atomic mass is 10.1. The van der Waals surface area contributed by atoms with Crippen LogP contribution in [0.15, 0.2) is 29.2 Å². The van der Waals surface area contributed by atoms with E-state index in [-0.39, 0.29) is 17.5 Å². The number of sulfone groups is 1. The maximum atomic E-state index is 12.1. The molecule has 0 spiro atoms. The maximum Gasteiger partial charge on any atom is 0.181 e. The molecule has 1 aliphatic carbocycles. The molecular formula is C12H14O3S. The Bertz CT molecular complexity index is 513. The average molecular weight is 238 g/mol.